The molecule has 2 aliphatic carbocycles. The van der Waals surface area contributed by atoms with Crippen molar-refractivity contribution in [2.24, 2.45) is 22.7 Å². The molecule has 1 heterocycles. The van der Waals surface area contributed by atoms with Gasteiger partial charge in [0, 0.05) is 25.5 Å². The molecule has 1 amide bonds. The highest BCUT2D eigenvalue weighted by molar-refractivity contribution is 5.76. The number of rotatable bonds is 7. The Kier molecular flexibility index (Phi) is 7.34. The summed E-state index contributed by atoms with van der Waals surface area (Å²) in [6, 6.07) is 7.69. The van der Waals surface area contributed by atoms with E-state index in [0.29, 0.717) is 38.5 Å². The van der Waals surface area contributed by atoms with Gasteiger partial charge in [0.05, 0.1) is 32.5 Å². The number of amides is 1. The number of aliphatic hydroxyl groups is 1. The van der Waals surface area contributed by atoms with Gasteiger partial charge in [-0.05, 0) is 60.6 Å². The van der Waals surface area contributed by atoms with Crippen LogP contribution in [0.15, 0.2) is 24.3 Å². The summed E-state index contributed by atoms with van der Waals surface area (Å²) >= 11 is 0. The largest absolute Gasteiger partial charge is 0.497 e. The predicted molar refractivity (Wildman–Crippen MR) is 124 cm³/mol. The number of hydrogen-bond acceptors (Lipinski definition) is 6. The number of fused-ring (bicyclic) bond motifs is 3. The van der Waals surface area contributed by atoms with Crippen molar-refractivity contribution in [1.82, 2.24) is 5.32 Å². The molecule has 7 nitrogen and oxygen atoms in total. The first-order chi connectivity index (χ1) is 15.8. The third-order valence-electron chi connectivity index (χ3n) is 8.59. The van der Waals surface area contributed by atoms with Gasteiger partial charge >= 0.3 is 0 Å². The lowest BCUT2D eigenvalue weighted by molar-refractivity contribution is -0.315. The highest BCUT2D eigenvalue weighted by Crippen LogP contribution is 2.62. The van der Waals surface area contributed by atoms with E-state index in [1.165, 1.54) is 0 Å². The number of methoxy groups -OCH3 is 2. The fourth-order valence-corrected chi connectivity index (χ4v) is 6.73. The lowest BCUT2D eigenvalue weighted by Crippen LogP contribution is -2.63. The Hall–Kier alpha value is -1.67. The van der Waals surface area contributed by atoms with Crippen molar-refractivity contribution in [3.05, 3.63) is 29.8 Å². The number of ether oxygens (including phenoxy) is 4. The standard InChI is InChI=1S/C26H39NO6/c1-25-12-11-22-26(2,16-32-24(33-22)15-30-3)21(25)10-9-20(28)19(25)13-23(29)27-14-17-5-7-18(31-4)8-6-17/h5-8,19-22,24,28H,9-16H2,1-4H3,(H,27,29)/t19-,20-,21-,22-,24-,25+,26+/m1/s1. The van der Waals surface area contributed by atoms with Crippen LogP contribution in [0.5, 0.6) is 5.75 Å². The van der Waals surface area contributed by atoms with E-state index in [4.69, 9.17) is 18.9 Å². The molecule has 0 aromatic heterocycles. The molecule has 184 valence electrons. The topological polar surface area (TPSA) is 86.2 Å². The molecule has 7 atom stereocenters. The van der Waals surface area contributed by atoms with Crippen molar-refractivity contribution < 1.29 is 28.8 Å². The molecule has 1 aromatic carbocycles. The van der Waals surface area contributed by atoms with E-state index in [-0.39, 0.29) is 35.0 Å². The van der Waals surface area contributed by atoms with E-state index in [2.05, 4.69) is 19.2 Å². The number of carbonyl (C=O) groups excluding carboxylic acids is 1. The molecule has 1 saturated heterocycles. The summed E-state index contributed by atoms with van der Waals surface area (Å²) in [7, 11) is 3.29. The molecular weight excluding hydrogens is 422 g/mol. The molecule has 7 heteroatoms. The highest BCUT2D eigenvalue weighted by atomic mass is 16.7. The Morgan fingerprint density at radius 1 is 1.15 bits per heavy atom. The Bertz CT molecular complexity index is 816. The normalized spacial score (nSPS) is 38.2. The predicted octanol–water partition coefficient (Wildman–Crippen LogP) is 3.28. The van der Waals surface area contributed by atoms with Gasteiger partial charge in [0.15, 0.2) is 6.29 Å². The first-order valence-electron chi connectivity index (χ1n) is 12.1. The lowest BCUT2D eigenvalue weighted by Gasteiger charge is -2.62. The van der Waals surface area contributed by atoms with Crippen LogP contribution in [-0.4, -0.2) is 56.9 Å². The van der Waals surface area contributed by atoms with Gasteiger partial charge in [0.1, 0.15) is 5.75 Å². The second-order valence-electron chi connectivity index (χ2n) is 10.5. The van der Waals surface area contributed by atoms with Gasteiger partial charge in [0.25, 0.3) is 0 Å². The minimum absolute atomic E-state index is 0.0136. The summed E-state index contributed by atoms with van der Waals surface area (Å²) < 4.78 is 22.7. The summed E-state index contributed by atoms with van der Waals surface area (Å²) in [6.45, 7) is 6.06. The average molecular weight is 462 g/mol. The van der Waals surface area contributed by atoms with Gasteiger partial charge in [-0.1, -0.05) is 26.0 Å². The molecule has 2 saturated carbocycles. The fourth-order valence-electron chi connectivity index (χ4n) is 6.73. The van der Waals surface area contributed by atoms with Crippen molar-refractivity contribution in [3.8, 4) is 5.75 Å². The number of benzene rings is 1. The fraction of sp³-hybridized carbons (Fsp3) is 0.731. The van der Waals surface area contributed by atoms with Gasteiger partial charge in [0.2, 0.25) is 5.91 Å². The minimum atomic E-state index is -0.468. The molecule has 0 unspecified atom stereocenters. The molecule has 3 fully saturated rings. The van der Waals surface area contributed by atoms with Crippen LogP contribution in [0.1, 0.15) is 51.5 Å². The van der Waals surface area contributed by atoms with Gasteiger partial charge in [-0.15, -0.1) is 0 Å². The third kappa shape index (κ3) is 4.78. The number of hydrogen-bond donors (Lipinski definition) is 2. The number of aliphatic hydroxyl groups excluding tert-OH is 1. The van der Waals surface area contributed by atoms with Crippen LogP contribution >= 0.6 is 0 Å². The minimum Gasteiger partial charge on any atom is -0.497 e. The van der Waals surface area contributed by atoms with E-state index in [9.17, 15) is 9.90 Å². The van der Waals surface area contributed by atoms with E-state index in [1.54, 1.807) is 14.2 Å². The zero-order valence-corrected chi connectivity index (χ0v) is 20.3. The maximum Gasteiger partial charge on any atom is 0.220 e. The maximum atomic E-state index is 12.9. The molecule has 0 spiro atoms. The van der Waals surface area contributed by atoms with E-state index in [0.717, 1.165) is 30.6 Å². The summed E-state index contributed by atoms with van der Waals surface area (Å²) in [5.74, 6) is 1.03. The van der Waals surface area contributed by atoms with E-state index in [1.807, 2.05) is 24.3 Å². The van der Waals surface area contributed by atoms with Crippen LogP contribution in [0.4, 0.5) is 0 Å². The Morgan fingerprint density at radius 2 is 1.91 bits per heavy atom. The molecule has 33 heavy (non-hydrogen) atoms. The molecule has 4 rings (SSSR count). The second kappa shape index (κ2) is 9.90. The smallest absolute Gasteiger partial charge is 0.220 e. The van der Waals surface area contributed by atoms with Crippen molar-refractivity contribution >= 4 is 5.91 Å². The second-order valence-corrected chi connectivity index (χ2v) is 10.5. The monoisotopic (exact) mass is 461 g/mol. The van der Waals surface area contributed by atoms with Crippen LogP contribution in [0.3, 0.4) is 0 Å². The first-order valence-corrected chi connectivity index (χ1v) is 12.1. The zero-order chi connectivity index (χ0) is 23.6. The third-order valence-corrected chi connectivity index (χ3v) is 8.59. The molecule has 0 radical (unpaired) electrons. The summed E-state index contributed by atoms with van der Waals surface area (Å²) in [4.78, 5) is 12.9. The maximum absolute atomic E-state index is 12.9. The Balaban J connectivity index is 1.42. The number of carbonyl (C=O) groups is 1. The number of nitrogens with one attached hydrogen (secondary N) is 1. The highest BCUT2D eigenvalue weighted by Gasteiger charge is 2.61. The van der Waals surface area contributed by atoms with Crippen molar-refractivity contribution in [2.45, 2.75) is 71.0 Å². The van der Waals surface area contributed by atoms with Crippen LogP contribution in [0.25, 0.3) is 0 Å². The quantitative estimate of drug-likeness (QED) is 0.648. The molecule has 1 aliphatic heterocycles. The van der Waals surface area contributed by atoms with Crippen molar-refractivity contribution in [1.29, 1.82) is 0 Å². The molecular formula is C26H39NO6. The zero-order valence-electron chi connectivity index (χ0n) is 20.3. The summed E-state index contributed by atoms with van der Waals surface area (Å²) in [5.41, 5.74) is 0.753. The van der Waals surface area contributed by atoms with Crippen LogP contribution < -0.4 is 10.1 Å². The van der Waals surface area contributed by atoms with Crippen molar-refractivity contribution in [2.75, 3.05) is 27.4 Å². The molecule has 0 bridgehead atoms. The molecule has 3 aliphatic rings. The average Bonchev–Trinajstić information content (AvgIpc) is 2.81. The van der Waals surface area contributed by atoms with Crippen LogP contribution in [0, 0.1) is 22.7 Å². The lowest BCUT2D eigenvalue weighted by atomic mass is 9.46. The Labute approximate surface area is 197 Å². The summed E-state index contributed by atoms with van der Waals surface area (Å²) in [5, 5.41) is 14.0. The van der Waals surface area contributed by atoms with Crippen molar-refractivity contribution in [3.63, 3.8) is 0 Å². The first kappa shape index (κ1) is 24.5. The van der Waals surface area contributed by atoms with Gasteiger partial charge in [-0.25, -0.2) is 0 Å². The Morgan fingerprint density at radius 3 is 2.61 bits per heavy atom. The van der Waals surface area contributed by atoms with E-state index < -0.39 is 6.10 Å². The van der Waals surface area contributed by atoms with Crippen LogP contribution in [0.2, 0.25) is 0 Å². The van der Waals surface area contributed by atoms with Gasteiger partial charge in [-0.2, -0.15) is 0 Å². The van der Waals surface area contributed by atoms with Gasteiger partial charge < -0.3 is 29.4 Å². The summed E-state index contributed by atoms with van der Waals surface area (Å²) in [6.07, 6.45) is 3.14. The molecule has 2 N–H and O–H groups in total. The SMILES string of the molecule is COC[C@@H]1OC[C@@]2(C)[C@@H]3CC[C@@H](O)[C@@H](CC(=O)NCc4ccc(OC)cc4)[C@]3(C)CC[C@H]2O1. The van der Waals surface area contributed by atoms with E-state index >= 15 is 0 Å². The van der Waals surface area contributed by atoms with Crippen LogP contribution in [-0.2, 0) is 25.5 Å². The molecule has 1 aromatic rings. The van der Waals surface area contributed by atoms with Gasteiger partial charge in [-0.3, -0.25) is 4.79 Å².